The van der Waals surface area contributed by atoms with Gasteiger partial charge in [-0.25, -0.2) is 0 Å². The van der Waals surface area contributed by atoms with Gasteiger partial charge in [0, 0.05) is 21.4 Å². The molecule has 2 atom stereocenters. The normalized spacial score (nSPS) is 23.1. The summed E-state index contributed by atoms with van der Waals surface area (Å²) in [5.74, 6) is 0.751. The van der Waals surface area contributed by atoms with Gasteiger partial charge in [-0.3, -0.25) is 4.79 Å². The molecule has 0 aliphatic heterocycles. The second-order valence-corrected chi connectivity index (χ2v) is 6.82. The largest absolute Gasteiger partial charge is 0.349 e. The van der Waals surface area contributed by atoms with Crippen LogP contribution < -0.4 is 5.32 Å². The topological polar surface area (TPSA) is 29.1 Å². The molecule has 104 valence electrons. The Morgan fingerprint density at radius 2 is 2.21 bits per heavy atom. The van der Waals surface area contributed by atoms with Crippen molar-refractivity contribution < 1.29 is 4.79 Å². The number of rotatable bonds is 3. The molecule has 0 aromatic heterocycles. The van der Waals surface area contributed by atoms with Gasteiger partial charge in [-0.1, -0.05) is 38.3 Å². The van der Waals surface area contributed by atoms with E-state index in [0.717, 1.165) is 33.8 Å². The first-order valence-corrected chi connectivity index (χ1v) is 8.64. The van der Waals surface area contributed by atoms with Crippen LogP contribution in [-0.4, -0.2) is 17.3 Å². The summed E-state index contributed by atoms with van der Waals surface area (Å²) in [5.41, 5.74) is 1.84. The first-order valence-electron chi connectivity index (χ1n) is 6.73. The molecule has 0 radical (unpaired) electrons. The van der Waals surface area contributed by atoms with Crippen LogP contribution in [0.4, 0.5) is 0 Å². The lowest BCUT2D eigenvalue weighted by Crippen LogP contribution is -2.38. The molecular formula is C15H19Br2NO. The molecule has 2 nitrogen and oxygen atoms in total. The first-order chi connectivity index (χ1) is 9.10. The lowest BCUT2D eigenvalue weighted by molar-refractivity contribution is 0.0921. The second-order valence-electron chi connectivity index (χ2n) is 5.32. The van der Waals surface area contributed by atoms with Gasteiger partial charge in [0.1, 0.15) is 0 Å². The molecule has 0 bridgehead atoms. The molecule has 1 fully saturated rings. The standard InChI is InChI=1S/C15H19Br2NO/c1-10-7-12(5-6-14(10)17)15(19)18-13-4-2-3-11(8-13)9-16/h5-7,11,13H,2-4,8-9H2,1H3,(H,18,19). The van der Waals surface area contributed by atoms with Gasteiger partial charge < -0.3 is 5.32 Å². The van der Waals surface area contributed by atoms with Crippen molar-refractivity contribution >= 4 is 37.8 Å². The van der Waals surface area contributed by atoms with Crippen molar-refractivity contribution in [3.8, 4) is 0 Å². The molecule has 0 heterocycles. The van der Waals surface area contributed by atoms with Crippen molar-refractivity contribution in [1.82, 2.24) is 5.32 Å². The van der Waals surface area contributed by atoms with Crippen LogP contribution in [0.5, 0.6) is 0 Å². The van der Waals surface area contributed by atoms with Gasteiger partial charge in [0.15, 0.2) is 0 Å². The van der Waals surface area contributed by atoms with E-state index in [4.69, 9.17) is 0 Å². The second kappa shape index (κ2) is 6.89. The van der Waals surface area contributed by atoms with Gasteiger partial charge in [-0.05, 0) is 55.9 Å². The molecule has 1 aromatic rings. The molecule has 0 spiro atoms. The summed E-state index contributed by atoms with van der Waals surface area (Å²) < 4.78 is 1.04. The highest BCUT2D eigenvalue weighted by atomic mass is 79.9. The Kier molecular flexibility index (Phi) is 5.46. The monoisotopic (exact) mass is 387 g/mol. The fourth-order valence-corrected chi connectivity index (χ4v) is 3.45. The third kappa shape index (κ3) is 4.06. The Balaban J connectivity index is 1.98. The van der Waals surface area contributed by atoms with Gasteiger partial charge in [0.2, 0.25) is 0 Å². The molecule has 1 aromatic carbocycles. The highest BCUT2D eigenvalue weighted by Crippen LogP contribution is 2.26. The predicted molar refractivity (Wildman–Crippen MR) is 85.9 cm³/mol. The van der Waals surface area contributed by atoms with E-state index in [-0.39, 0.29) is 5.91 Å². The highest BCUT2D eigenvalue weighted by molar-refractivity contribution is 9.10. The molecule has 1 aliphatic rings. The number of nitrogens with one attached hydrogen (secondary N) is 1. The molecule has 1 saturated carbocycles. The molecular weight excluding hydrogens is 370 g/mol. The maximum atomic E-state index is 12.2. The summed E-state index contributed by atoms with van der Waals surface area (Å²) in [7, 11) is 0. The minimum Gasteiger partial charge on any atom is -0.349 e. The maximum Gasteiger partial charge on any atom is 0.251 e. The number of carbonyl (C=O) groups excluding carboxylic acids is 1. The zero-order valence-electron chi connectivity index (χ0n) is 11.1. The lowest BCUT2D eigenvalue weighted by atomic mass is 9.87. The fourth-order valence-electron chi connectivity index (χ4n) is 2.62. The minimum atomic E-state index is 0.0517. The van der Waals surface area contributed by atoms with Crippen LogP contribution in [0.15, 0.2) is 22.7 Å². The highest BCUT2D eigenvalue weighted by Gasteiger charge is 2.22. The van der Waals surface area contributed by atoms with Gasteiger partial charge in [-0.15, -0.1) is 0 Å². The zero-order valence-corrected chi connectivity index (χ0v) is 14.3. The van der Waals surface area contributed by atoms with E-state index < -0.39 is 0 Å². The van der Waals surface area contributed by atoms with Gasteiger partial charge in [0.25, 0.3) is 5.91 Å². The van der Waals surface area contributed by atoms with Gasteiger partial charge >= 0.3 is 0 Å². The van der Waals surface area contributed by atoms with Crippen LogP contribution in [0, 0.1) is 12.8 Å². The Labute approximate surface area is 131 Å². The quantitative estimate of drug-likeness (QED) is 0.762. The van der Waals surface area contributed by atoms with E-state index in [9.17, 15) is 4.79 Å². The van der Waals surface area contributed by atoms with Crippen LogP contribution in [0.3, 0.4) is 0 Å². The van der Waals surface area contributed by atoms with E-state index in [2.05, 4.69) is 37.2 Å². The van der Waals surface area contributed by atoms with E-state index in [0.29, 0.717) is 12.0 Å². The summed E-state index contributed by atoms with van der Waals surface area (Å²) in [4.78, 5) is 12.2. The predicted octanol–water partition coefficient (Wildman–Crippen LogP) is 4.44. The smallest absolute Gasteiger partial charge is 0.251 e. The molecule has 0 saturated heterocycles. The molecule has 1 aliphatic carbocycles. The molecule has 1 amide bonds. The molecule has 4 heteroatoms. The fraction of sp³-hybridized carbons (Fsp3) is 0.533. The summed E-state index contributed by atoms with van der Waals surface area (Å²) in [6, 6.07) is 6.07. The first kappa shape index (κ1) is 15.0. The number of benzene rings is 1. The van der Waals surface area contributed by atoms with Crippen LogP contribution in [0.25, 0.3) is 0 Å². The maximum absolute atomic E-state index is 12.2. The third-order valence-corrected chi connectivity index (χ3v) is 5.56. The van der Waals surface area contributed by atoms with Gasteiger partial charge in [-0.2, -0.15) is 0 Å². The molecule has 1 N–H and O–H groups in total. The average Bonchev–Trinajstić information content (AvgIpc) is 2.42. The Morgan fingerprint density at radius 1 is 1.42 bits per heavy atom. The summed E-state index contributed by atoms with van der Waals surface area (Å²) in [6.07, 6.45) is 4.67. The van der Waals surface area contributed by atoms with E-state index in [1.54, 1.807) is 0 Å². The number of hydrogen-bond acceptors (Lipinski definition) is 1. The number of aryl methyl sites for hydroxylation is 1. The van der Waals surface area contributed by atoms with Crippen molar-refractivity contribution in [3.63, 3.8) is 0 Å². The van der Waals surface area contributed by atoms with Crippen molar-refractivity contribution in [2.75, 3.05) is 5.33 Å². The Morgan fingerprint density at radius 3 is 2.89 bits per heavy atom. The van der Waals surface area contributed by atoms with Crippen molar-refractivity contribution in [1.29, 1.82) is 0 Å². The number of halogens is 2. The minimum absolute atomic E-state index is 0.0517. The Bertz CT molecular complexity index is 461. The average molecular weight is 389 g/mol. The number of amides is 1. The lowest BCUT2D eigenvalue weighted by Gasteiger charge is -2.28. The van der Waals surface area contributed by atoms with E-state index >= 15 is 0 Å². The number of alkyl halides is 1. The SMILES string of the molecule is Cc1cc(C(=O)NC2CCCC(CBr)C2)ccc1Br. The molecule has 19 heavy (non-hydrogen) atoms. The van der Waals surface area contributed by atoms with Crippen LogP contribution in [0.1, 0.15) is 41.6 Å². The van der Waals surface area contributed by atoms with Crippen molar-refractivity contribution in [3.05, 3.63) is 33.8 Å². The van der Waals surface area contributed by atoms with Crippen molar-refractivity contribution in [2.24, 2.45) is 5.92 Å². The van der Waals surface area contributed by atoms with Crippen LogP contribution in [-0.2, 0) is 0 Å². The third-order valence-electron chi connectivity index (χ3n) is 3.76. The van der Waals surface area contributed by atoms with Crippen LogP contribution >= 0.6 is 31.9 Å². The number of hydrogen-bond donors (Lipinski definition) is 1. The van der Waals surface area contributed by atoms with Gasteiger partial charge in [0.05, 0.1) is 0 Å². The summed E-state index contributed by atoms with van der Waals surface area (Å²) in [6.45, 7) is 2.00. The van der Waals surface area contributed by atoms with Crippen molar-refractivity contribution in [2.45, 2.75) is 38.6 Å². The molecule has 2 unspecified atom stereocenters. The molecule has 2 rings (SSSR count). The van der Waals surface area contributed by atoms with E-state index in [1.807, 2.05) is 25.1 Å². The zero-order chi connectivity index (χ0) is 13.8. The summed E-state index contributed by atoms with van der Waals surface area (Å²) >= 11 is 7.01. The van der Waals surface area contributed by atoms with E-state index in [1.165, 1.54) is 12.8 Å². The Hall–Kier alpha value is -0.350. The summed E-state index contributed by atoms with van der Waals surface area (Å²) in [5, 5.41) is 4.21. The number of carbonyl (C=O) groups is 1. The van der Waals surface area contributed by atoms with Crippen LogP contribution in [0.2, 0.25) is 0 Å².